The van der Waals surface area contributed by atoms with Gasteiger partial charge in [0.1, 0.15) is 6.04 Å². The molecule has 0 bridgehead atoms. The van der Waals surface area contributed by atoms with Gasteiger partial charge in [-0.25, -0.2) is 9.59 Å². The van der Waals surface area contributed by atoms with Crippen molar-refractivity contribution in [1.29, 1.82) is 0 Å². The van der Waals surface area contributed by atoms with E-state index in [-0.39, 0.29) is 12.1 Å². The van der Waals surface area contributed by atoms with Gasteiger partial charge >= 0.3 is 12.0 Å². The molecule has 0 aromatic heterocycles. The van der Waals surface area contributed by atoms with E-state index in [1.807, 2.05) is 6.92 Å². The van der Waals surface area contributed by atoms with Crippen LogP contribution in [0.5, 0.6) is 0 Å². The summed E-state index contributed by atoms with van der Waals surface area (Å²) in [5, 5.41) is 11.6. The third kappa shape index (κ3) is 4.91. The first kappa shape index (κ1) is 14.8. The predicted molar refractivity (Wildman–Crippen MR) is 66.4 cm³/mol. The van der Waals surface area contributed by atoms with Crippen LogP contribution >= 0.6 is 0 Å². The van der Waals surface area contributed by atoms with Crippen LogP contribution in [-0.2, 0) is 9.53 Å². The number of hydrogen-bond donors (Lipinski definition) is 2. The van der Waals surface area contributed by atoms with Gasteiger partial charge < -0.3 is 20.1 Å². The molecule has 1 aliphatic carbocycles. The van der Waals surface area contributed by atoms with Crippen molar-refractivity contribution in [3.05, 3.63) is 0 Å². The Kier molecular flexibility index (Phi) is 5.40. The van der Waals surface area contributed by atoms with Gasteiger partial charge in [-0.15, -0.1) is 0 Å². The van der Waals surface area contributed by atoms with Crippen molar-refractivity contribution in [1.82, 2.24) is 10.2 Å². The van der Waals surface area contributed by atoms with Gasteiger partial charge in [-0.05, 0) is 19.3 Å². The van der Waals surface area contributed by atoms with Gasteiger partial charge in [0.15, 0.2) is 0 Å². The van der Waals surface area contributed by atoms with Gasteiger partial charge in [0.25, 0.3) is 0 Å². The summed E-state index contributed by atoms with van der Waals surface area (Å²) in [7, 11) is 3.20. The molecule has 0 saturated heterocycles. The quantitative estimate of drug-likeness (QED) is 0.711. The molecule has 2 atom stereocenters. The number of hydrogen-bond acceptors (Lipinski definition) is 3. The van der Waals surface area contributed by atoms with E-state index < -0.39 is 12.0 Å². The van der Waals surface area contributed by atoms with Crippen LogP contribution in [0, 0.1) is 5.92 Å². The number of amides is 2. The zero-order valence-electron chi connectivity index (χ0n) is 11.2. The lowest BCUT2D eigenvalue weighted by atomic mass is 10.1. The molecule has 1 rings (SSSR count). The molecule has 2 N–H and O–H groups in total. The van der Waals surface area contributed by atoms with Crippen LogP contribution in [0.2, 0.25) is 0 Å². The Morgan fingerprint density at radius 1 is 1.50 bits per heavy atom. The van der Waals surface area contributed by atoms with Crippen LogP contribution in [0.15, 0.2) is 0 Å². The Balaban J connectivity index is 2.41. The van der Waals surface area contributed by atoms with Gasteiger partial charge in [-0.3, -0.25) is 0 Å². The molecule has 18 heavy (non-hydrogen) atoms. The van der Waals surface area contributed by atoms with Gasteiger partial charge in [0, 0.05) is 20.7 Å². The number of carboxylic acids is 1. The highest BCUT2D eigenvalue weighted by molar-refractivity contribution is 5.82. The van der Waals surface area contributed by atoms with Crippen LogP contribution in [-0.4, -0.2) is 54.9 Å². The Morgan fingerprint density at radius 3 is 2.56 bits per heavy atom. The molecule has 6 nitrogen and oxygen atoms in total. The van der Waals surface area contributed by atoms with Gasteiger partial charge in [0.2, 0.25) is 0 Å². The molecule has 6 heteroatoms. The second-order valence-corrected chi connectivity index (χ2v) is 4.95. The van der Waals surface area contributed by atoms with Crippen molar-refractivity contribution in [3.63, 3.8) is 0 Å². The molecule has 1 saturated carbocycles. The van der Waals surface area contributed by atoms with Crippen molar-refractivity contribution in [2.45, 2.75) is 38.3 Å². The lowest BCUT2D eigenvalue weighted by Crippen LogP contribution is -2.48. The molecule has 104 valence electrons. The number of aliphatic carboxylic acids is 1. The summed E-state index contributed by atoms with van der Waals surface area (Å²) in [6.07, 6.45) is 2.58. The van der Waals surface area contributed by atoms with Crippen LogP contribution in [0.1, 0.15) is 26.2 Å². The molecule has 1 fully saturated rings. The third-order valence-corrected chi connectivity index (χ3v) is 3.14. The topological polar surface area (TPSA) is 78.9 Å². The fourth-order valence-corrected chi connectivity index (χ4v) is 1.71. The van der Waals surface area contributed by atoms with Crippen molar-refractivity contribution in [2.24, 2.45) is 5.92 Å². The Labute approximate surface area is 107 Å². The fraction of sp³-hybridized carbons (Fsp3) is 0.833. The summed E-state index contributed by atoms with van der Waals surface area (Å²) in [5.74, 6) is -0.516. The minimum absolute atomic E-state index is 0.0764. The number of urea groups is 1. The number of ether oxygens (including phenoxy) is 1. The minimum atomic E-state index is -0.969. The van der Waals surface area contributed by atoms with E-state index in [2.05, 4.69) is 5.32 Å². The monoisotopic (exact) mass is 258 g/mol. The normalized spacial score (nSPS) is 17.9. The maximum atomic E-state index is 11.8. The van der Waals surface area contributed by atoms with Crippen LogP contribution in [0.25, 0.3) is 0 Å². The summed E-state index contributed by atoms with van der Waals surface area (Å²) in [5.41, 5.74) is 0. The first-order valence-corrected chi connectivity index (χ1v) is 6.21. The van der Waals surface area contributed by atoms with E-state index in [9.17, 15) is 9.59 Å². The van der Waals surface area contributed by atoms with Crippen molar-refractivity contribution in [3.8, 4) is 0 Å². The molecule has 0 aromatic carbocycles. The largest absolute Gasteiger partial charge is 0.480 e. The van der Waals surface area contributed by atoms with Gasteiger partial charge in [-0.2, -0.15) is 0 Å². The fourth-order valence-electron chi connectivity index (χ4n) is 1.71. The second-order valence-electron chi connectivity index (χ2n) is 4.95. The van der Waals surface area contributed by atoms with Crippen molar-refractivity contribution < 1.29 is 19.4 Å². The first-order chi connectivity index (χ1) is 8.43. The van der Waals surface area contributed by atoms with E-state index >= 15 is 0 Å². The van der Waals surface area contributed by atoms with E-state index in [1.54, 1.807) is 14.2 Å². The van der Waals surface area contributed by atoms with Crippen molar-refractivity contribution >= 4 is 12.0 Å². The highest BCUT2D eigenvalue weighted by Gasteiger charge is 2.30. The molecule has 1 aliphatic rings. The SMILES string of the molecule is COC(C)CN(C)C(=O)NC(CC1CC1)C(=O)O. The molecular formula is C12H22N2O4. The summed E-state index contributed by atoms with van der Waals surface area (Å²) >= 11 is 0. The molecule has 0 radical (unpaired) electrons. The average molecular weight is 258 g/mol. The van der Waals surface area contributed by atoms with E-state index in [0.717, 1.165) is 12.8 Å². The number of carboxylic acid groups (broad SMARTS) is 1. The van der Waals surface area contributed by atoms with E-state index in [1.165, 1.54) is 4.90 Å². The number of carbonyl (C=O) groups is 2. The van der Waals surface area contributed by atoms with Crippen molar-refractivity contribution in [2.75, 3.05) is 20.7 Å². The molecule has 0 aromatic rings. The van der Waals surface area contributed by atoms with E-state index in [0.29, 0.717) is 18.9 Å². The lowest BCUT2D eigenvalue weighted by Gasteiger charge is -2.23. The number of methoxy groups -OCH3 is 1. The Hall–Kier alpha value is -1.30. The predicted octanol–water partition coefficient (Wildman–Crippen LogP) is 0.916. The average Bonchev–Trinajstić information content (AvgIpc) is 3.11. The third-order valence-electron chi connectivity index (χ3n) is 3.14. The smallest absolute Gasteiger partial charge is 0.326 e. The zero-order chi connectivity index (χ0) is 13.7. The Morgan fingerprint density at radius 2 is 2.11 bits per heavy atom. The minimum Gasteiger partial charge on any atom is -0.480 e. The molecule has 0 aliphatic heterocycles. The van der Waals surface area contributed by atoms with E-state index in [4.69, 9.17) is 9.84 Å². The lowest BCUT2D eigenvalue weighted by molar-refractivity contribution is -0.139. The highest BCUT2D eigenvalue weighted by atomic mass is 16.5. The number of nitrogens with one attached hydrogen (secondary N) is 1. The highest BCUT2D eigenvalue weighted by Crippen LogP contribution is 2.33. The zero-order valence-corrected chi connectivity index (χ0v) is 11.2. The first-order valence-electron chi connectivity index (χ1n) is 6.21. The number of likely N-dealkylation sites (N-methyl/N-ethyl adjacent to an activating group) is 1. The van der Waals surface area contributed by atoms with Gasteiger partial charge in [-0.1, -0.05) is 12.8 Å². The molecule has 0 spiro atoms. The van der Waals surface area contributed by atoms with Crippen LogP contribution in [0.4, 0.5) is 4.79 Å². The van der Waals surface area contributed by atoms with Crippen LogP contribution in [0.3, 0.4) is 0 Å². The molecule has 0 heterocycles. The van der Waals surface area contributed by atoms with Crippen LogP contribution < -0.4 is 5.32 Å². The maximum Gasteiger partial charge on any atom is 0.326 e. The standard InChI is InChI=1S/C12H22N2O4/c1-8(18-3)7-14(2)12(17)13-10(11(15)16)6-9-4-5-9/h8-10H,4-7H2,1-3H3,(H,13,17)(H,15,16). The maximum absolute atomic E-state index is 11.8. The molecular weight excluding hydrogens is 236 g/mol. The molecule has 2 amide bonds. The number of rotatable bonds is 7. The Bertz CT molecular complexity index is 304. The second kappa shape index (κ2) is 6.58. The summed E-state index contributed by atoms with van der Waals surface area (Å²) in [4.78, 5) is 24.3. The van der Waals surface area contributed by atoms with Gasteiger partial charge in [0.05, 0.1) is 6.10 Å². The summed E-state index contributed by atoms with van der Waals surface area (Å²) in [6, 6.07) is -1.16. The summed E-state index contributed by atoms with van der Waals surface area (Å²) in [6.45, 7) is 2.28. The molecule has 2 unspecified atom stereocenters. The summed E-state index contributed by atoms with van der Waals surface area (Å²) < 4.78 is 5.06. The number of carbonyl (C=O) groups excluding carboxylic acids is 1. The number of nitrogens with zero attached hydrogens (tertiary/aromatic N) is 1.